The fourth-order valence-corrected chi connectivity index (χ4v) is 1.91. The van der Waals surface area contributed by atoms with E-state index in [0.29, 0.717) is 6.54 Å². The molecule has 20 heavy (non-hydrogen) atoms. The Bertz CT molecular complexity index is 462. The number of rotatable bonds is 5. The number of hydrogen-bond acceptors (Lipinski definition) is 2. The van der Waals surface area contributed by atoms with E-state index in [1.54, 1.807) is 11.8 Å². The number of carboxylic acids is 1. The van der Waals surface area contributed by atoms with E-state index in [1.165, 1.54) is 0 Å². The van der Waals surface area contributed by atoms with E-state index >= 15 is 0 Å². The van der Waals surface area contributed by atoms with Crippen LogP contribution >= 0.6 is 0 Å². The number of aliphatic carboxylic acids is 1. The van der Waals surface area contributed by atoms with E-state index in [2.05, 4.69) is 0 Å². The normalized spacial score (nSPS) is 12.8. The summed E-state index contributed by atoms with van der Waals surface area (Å²) >= 11 is 0. The van der Waals surface area contributed by atoms with E-state index in [-0.39, 0.29) is 12.5 Å². The van der Waals surface area contributed by atoms with Gasteiger partial charge < -0.3 is 10.0 Å². The number of carbonyl (C=O) groups excluding carboxylic acids is 1. The fourth-order valence-electron chi connectivity index (χ4n) is 1.91. The molecule has 1 aromatic carbocycles. The van der Waals surface area contributed by atoms with Gasteiger partial charge in [0.2, 0.25) is 5.91 Å². The van der Waals surface area contributed by atoms with E-state index < -0.39 is 17.3 Å². The SMILES string of the molecule is CC(CN(Cc1ccccc1)C(=O)C(C)(C)C)C(=O)O. The van der Waals surface area contributed by atoms with Crippen LogP contribution in [0.3, 0.4) is 0 Å². The molecule has 0 heterocycles. The Kier molecular flexibility index (Phi) is 5.31. The van der Waals surface area contributed by atoms with Crippen LogP contribution in [-0.2, 0) is 16.1 Å². The summed E-state index contributed by atoms with van der Waals surface area (Å²) in [4.78, 5) is 25.1. The van der Waals surface area contributed by atoms with Crippen molar-refractivity contribution in [1.29, 1.82) is 0 Å². The lowest BCUT2D eigenvalue weighted by Gasteiger charge is -2.30. The maximum atomic E-state index is 12.5. The molecule has 1 amide bonds. The molecule has 110 valence electrons. The number of amides is 1. The second kappa shape index (κ2) is 6.55. The molecule has 0 radical (unpaired) electrons. The molecule has 0 aromatic heterocycles. The van der Waals surface area contributed by atoms with Crippen LogP contribution < -0.4 is 0 Å². The van der Waals surface area contributed by atoms with Crippen molar-refractivity contribution in [2.45, 2.75) is 34.2 Å². The van der Waals surface area contributed by atoms with Crippen LogP contribution in [0.5, 0.6) is 0 Å². The zero-order valence-electron chi connectivity index (χ0n) is 12.6. The molecule has 4 nitrogen and oxygen atoms in total. The highest BCUT2D eigenvalue weighted by atomic mass is 16.4. The second-order valence-corrected chi connectivity index (χ2v) is 6.16. The van der Waals surface area contributed by atoms with Crippen LogP contribution in [-0.4, -0.2) is 28.4 Å². The molecule has 0 fully saturated rings. The van der Waals surface area contributed by atoms with Crippen molar-refractivity contribution in [3.05, 3.63) is 35.9 Å². The Balaban J connectivity index is 2.90. The lowest BCUT2D eigenvalue weighted by atomic mass is 9.94. The molecule has 1 unspecified atom stereocenters. The van der Waals surface area contributed by atoms with Gasteiger partial charge in [0, 0.05) is 18.5 Å². The van der Waals surface area contributed by atoms with Crippen molar-refractivity contribution in [2.75, 3.05) is 6.54 Å². The summed E-state index contributed by atoms with van der Waals surface area (Å²) in [6.45, 7) is 7.82. The van der Waals surface area contributed by atoms with Crippen molar-refractivity contribution in [2.24, 2.45) is 11.3 Å². The molecular formula is C16H23NO3. The van der Waals surface area contributed by atoms with Crippen molar-refractivity contribution < 1.29 is 14.7 Å². The Morgan fingerprint density at radius 2 is 1.75 bits per heavy atom. The van der Waals surface area contributed by atoms with Gasteiger partial charge in [-0.1, -0.05) is 58.0 Å². The summed E-state index contributed by atoms with van der Waals surface area (Å²) in [7, 11) is 0. The first-order valence-electron chi connectivity index (χ1n) is 6.78. The quantitative estimate of drug-likeness (QED) is 0.900. The molecular weight excluding hydrogens is 254 g/mol. The smallest absolute Gasteiger partial charge is 0.308 e. The number of hydrogen-bond donors (Lipinski definition) is 1. The van der Waals surface area contributed by atoms with Crippen LogP contribution in [0.15, 0.2) is 30.3 Å². The van der Waals surface area contributed by atoms with E-state index in [4.69, 9.17) is 5.11 Å². The van der Waals surface area contributed by atoms with Gasteiger partial charge in [-0.3, -0.25) is 9.59 Å². The van der Waals surface area contributed by atoms with Crippen molar-refractivity contribution in [3.8, 4) is 0 Å². The molecule has 0 aliphatic carbocycles. The van der Waals surface area contributed by atoms with Crippen molar-refractivity contribution >= 4 is 11.9 Å². The monoisotopic (exact) mass is 277 g/mol. The summed E-state index contributed by atoms with van der Waals surface area (Å²) < 4.78 is 0. The molecule has 0 spiro atoms. The highest BCUT2D eigenvalue weighted by Gasteiger charge is 2.29. The van der Waals surface area contributed by atoms with Gasteiger partial charge in [-0.2, -0.15) is 0 Å². The number of benzene rings is 1. The van der Waals surface area contributed by atoms with Crippen LogP contribution in [0.25, 0.3) is 0 Å². The van der Waals surface area contributed by atoms with Gasteiger partial charge in [0.25, 0.3) is 0 Å². The van der Waals surface area contributed by atoms with E-state index in [0.717, 1.165) is 5.56 Å². The second-order valence-electron chi connectivity index (χ2n) is 6.16. The minimum atomic E-state index is -0.884. The van der Waals surface area contributed by atoms with Gasteiger partial charge in [-0.25, -0.2) is 0 Å². The zero-order valence-corrected chi connectivity index (χ0v) is 12.6. The topological polar surface area (TPSA) is 57.6 Å². The number of carboxylic acid groups (broad SMARTS) is 1. The summed E-state index contributed by atoms with van der Waals surface area (Å²) in [5.41, 5.74) is 0.482. The Hall–Kier alpha value is -1.84. The molecule has 1 N–H and O–H groups in total. The van der Waals surface area contributed by atoms with Gasteiger partial charge in [0.15, 0.2) is 0 Å². The third-order valence-electron chi connectivity index (χ3n) is 3.06. The standard InChI is InChI=1S/C16H23NO3/c1-12(14(18)19)10-17(15(20)16(2,3)4)11-13-8-6-5-7-9-13/h5-9,12H,10-11H2,1-4H3,(H,18,19). The maximum Gasteiger partial charge on any atom is 0.308 e. The van der Waals surface area contributed by atoms with E-state index in [9.17, 15) is 9.59 Å². The predicted octanol–water partition coefficient (Wildman–Crippen LogP) is 2.78. The Labute approximate surface area is 120 Å². The summed E-state index contributed by atoms with van der Waals surface area (Å²) in [6, 6.07) is 9.62. The molecule has 0 bridgehead atoms. The van der Waals surface area contributed by atoms with Crippen LogP contribution in [0.1, 0.15) is 33.3 Å². The summed E-state index contributed by atoms with van der Waals surface area (Å²) in [5.74, 6) is -1.50. The minimum Gasteiger partial charge on any atom is -0.481 e. The molecule has 0 saturated carbocycles. The van der Waals surface area contributed by atoms with E-state index in [1.807, 2.05) is 51.1 Å². The van der Waals surface area contributed by atoms with Gasteiger partial charge in [0.1, 0.15) is 0 Å². The van der Waals surface area contributed by atoms with Gasteiger partial charge in [0.05, 0.1) is 5.92 Å². The molecule has 1 aromatic rings. The Morgan fingerprint density at radius 1 is 1.20 bits per heavy atom. The maximum absolute atomic E-state index is 12.5. The average Bonchev–Trinajstić information content (AvgIpc) is 2.37. The Morgan fingerprint density at radius 3 is 2.20 bits per heavy atom. The molecule has 1 atom stereocenters. The highest BCUT2D eigenvalue weighted by Crippen LogP contribution is 2.20. The first kappa shape index (κ1) is 16.2. The van der Waals surface area contributed by atoms with Crippen molar-refractivity contribution in [1.82, 2.24) is 4.90 Å². The van der Waals surface area contributed by atoms with Crippen molar-refractivity contribution in [3.63, 3.8) is 0 Å². The molecule has 0 saturated heterocycles. The number of carbonyl (C=O) groups is 2. The van der Waals surface area contributed by atoms with Crippen LogP contribution in [0, 0.1) is 11.3 Å². The third kappa shape index (κ3) is 4.68. The van der Waals surface area contributed by atoms with Crippen LogP contribution in [0.4, 0.5) is 0 Å². The van der Waals surface area contributed by atoms with Gasteiger partial charge in [-0.05, 0) is 5.56 Å². The fraction of sp³-hybridized carbons (Fsp3) is 0.500. The van der Waals surface area contributed by atoms with Gasteiger partial charge in [-0.15, -0.1) is 0 Å². The molecule has 0 aliphatic rings. The lowest BCUT2D eigenvalue weighted by molar-refractivity contribution is -0.145. The largest absolute Gasteiger partial charge is 0.481 e. The molecule has 0 aliphatic heterocycles. The molecule has 4 heteroatoms. The minimum absolute atomic E-state index is 0.0329. The average molecular weight is 277 g/mol. The highest BCUT2D eigenvalue weighted by molar-refractivity contribution is 5.82. The number of nitrogens with zero attached hydrogens (tertiary/aromatic N) is 1. The summed E-state index contributed by atoms with van der Waals surface area (Å²) in [6.07, 6.45) is 0. The molecule has 1 rings (SSSR count). The third-order valence-corrected chi connectivity index (χ3v) is 3.06. The van der Waals surface area contributed by atoms with Crippen LogP contribution in [0.2, 0.25) is 0 Å². The van der Waals surface area contributed by atoms with Gasteiger partial charge >= 0.3 is 5.97 Å². The first-order valence-corrected chi connectivity index (χ1v) is 6.78. The summed E-state index contributed by atoms with van der Waals surface area (Å²) in [5, 5.41) is 9.04. The zero-order chi connectivity index (χ0) is 15.3. The lowest BCUT2D eigenvalue weighted by Crippen LogP contribution is -2.42. The predicted molar refractivity (Wildman–Crippen MR) is 78.1 cm³/mol. The first-order chi connectivity index (χ1) is 9.21.